The van der Waals surface area contributed by atoms with E-state index in [1.807, 2.05) is 17.4 Å². The summed E-state index contributed by atoms with van der Waals surface area (Å²) < 4.78 is 5.47. The number of hydrogen-bond donors (Lipinski definition) is 1. The average Bonchev–Trinajstić information content (AvgIpc) is 2.90. The van der Waals surface area contributed by atoms with E-state index in [1.54, 1.807) is 7.11 Å². The van der Waals surface area contributed by atoms with Crippen LogP contribution in [0.25, 0.3) is 0 Å². The Bertz CT molecular complexity index is 594. The molecule has 0 bridgehead atoms. The molecule has 20 heavy (non-hydrogen) atoms. The van der Waals surface area contributed by atoms with Gasteiger partial charge in [-0.15, -0.1) is 11.3 Å². The smallest absolute Gasteiger partial charge is 0.124 e. The Balaban J connectivity index is 1.97. The molecule has 1 aromatic carbocycles. The third-order valence-corrected chi connectivity index (χ3v) is 5.36. The number of nitrogens with two attached hydrogens (primary N) is 1. The first-order valence-corrected chi connectivity index (χ1v) is 8.02. The number of thiophene rings is 1. The van der Waals surface area contributed by atoms with Crippen LogP contribution in [0.2, 0.25) is 0 Å². The molecule has 3 heteroatoms. The fourth-order valence-corrected chi connectivity index (χ4v) is 4.20. The lowest BCUT2D eigenvalue weighted by molar-refractivity contribution is 0.408. The molecule has 0 spiro atoms. The quantitative estimate of drug-likeness (QED) is 0.926. The Morgan fingerprint density at radius 1 is 1.20 bits per heavy atom. The predicted octanol–water partition coefficient (Wildman–Crippen LogP) is 3.99. The van der Waals surface area contributed by atoms with Crippen molar-refractivity contribution in [1.29, 1.82) is 0 Å². The van der Waals surface area contributed by atoms with Gasteiger partial charge in [0, 0.05) is 15.3 Å². The predicted molar refractivity (Wildman–Crippen MR) is 84.7 cm³/mol. The minimum atomic E-state index is -0.0829. The van der Waals surface area contributed by atoms with E-state index in [0.29, 0.717) is 0 Å². The Labute approximate surface area is 124 Å². The van der Waals surface area contributed by atoms with Crippen LogP contribution in [0.15, 0.2) is 24.3 Å². The number of benzene rings is 1. The summed E-state index contributed by atoms with van der Waals surface area (Å²) in [5.74, 6) is 0.884. The van der Waals surface area contributed by atoms with E-state index in [-0.39, 0.29) is 6.04 Å². The summed E-state index contributed by atoms with van der Waals surface area (Å²) in [6.45, 7) is 2.09. The normalized spacial score (nSPS) is 15.8. The molecule has 0 aliphatic heterocycles. The van der Waals surface area contributed by atoms with E-state index >= 15 is 0 Å². The molecule has 1 aliphatic carbocycles. The number of fused-ring (bicyclic) bond motifs is 1. The van der Waals surface area contributed by atoms with Crippen molar-refractivity contribution in [2.24, 2.45) is 5.73 Å². The van der Waals surface area contributed by atoms with Crippen LogP contribution in [-0.4, -0.2) is 7.11 Å². The van der Waals surface area contributed by atoms with Crippen molar-refractivity contribution in [3.05, 3.63) is 50.7 Å². The van der Waals surface area contributed by atoms with Crippen LogP contribution >= 0.6 is 11.3 Å². The van der Waals surface area contributed by atoms with Gasteiger partial charge in [0.25, 0.3) is 0 Å². The van der Waals surface area contributed by atoms with E-state index < -0.39 is 0 Å². The number of methoxy groups -OCH3 is 1. The third kappa shape index (κ3) is 2.48. The largest absolute Gasteiger partial charge is 0.496 e. The molecule has 1 aromatic heterocycles. The summed E-state index contributed by atoms with van der Waals surface area (Å²) in [6, 6.07) is 8.45. The minimum Gasteiger partial charge on any atom is -0.496 e. The molecule has 1 atom stereocenters. The Hall–Kier alpha value is -1.32. The summed E-state index contributed by atoms with van der Waals surface area (Å²) in [7, 11) is 1.71. The molecule has 0 saturated heterocycles. The fraction of sp³-hybridized carbons (Fsp3) is 0.412. The van der Waals surface area contributed by atoms with Crippen molar-refractivity contribution in [2.45, 2.75) is 38.6 Å². The van der Waals surface area contributed by atoms with Crippen LogP contribution in [0.3, 0.4) is 0 Å². The molecule has 1 aliphatic rings. The summed E-state index contributed by atoms with van der Waals surface area (Å²) in [5, 5.41) is 0. The third-order valence-electron chi connectivity index (χ3n) is 4.04. The van der Waals surface area contributed by atoms with Gasteiger partial charge in [0.2, 0.25) is 0 Å². The van der Waals surface area contributed by atoms with Crippen molar-refractivity contribution in [1.82, 2.24) is 0 Å². The fourth-order valence-electron chi connectivity index (χ4n) is 2.92. The Morgan fingerprint density at radius 2 is 2.00 bits per heavy atom. The van der Waals surface area contributed by atoms with E-state index in [9.17, 15) is 0 Å². The lowest BCUT2D eigenvalue weighted by Gasteiger charge is -2.15. The van der Waals surface area contributed by atoms with Crippen molar-refractivity contribution in [2.75, 3.05) is 7.11 Å². The summed E-state index contributed by atoms with van der Waals surface area (Å²) in [5.41, 5.74) is 10.3. The van der Waals surface area contributed by atoms with Crippen molar-refractivity contribution in [3.8, 4) is 5.75 Å². The standard InChI is InChI=1S/C17H21NOS/c1-11-7-8-14(19-2)13(9-11)17(18)16-10-12-5-3-4-6-15(12)20-16/h7-10,17H,3-6,18H2,1-2H3. The molecule has 1 unspecified atom stereocenters. The van der Waals surface area contributed by atoms with Gasteiger partial charge in [-0.05, 0) is 50.3 Å². The van der Waals surface area contributed by atoms with Crippen molar-refractivity contribution in [3.63, 3.8) is 0 Å². The van der Waals surface area contributed by atoms with Crippen LogP contribution in [0.4, 0.5) is 0 Å². The summed E-state index contributed by atoms with van der Waals surface area (Å²) in [4.78, 5) is 2.80. The highest BCUT2D eigenvalue weighted by Crippen LogP contribution is 2.37. The second-order valence-corrected chi connectivity index (χ2v) is 6.70. The van der Waals surface area contributed by atoms with Gasteiger partial charge in [0.1, 0.15) is 5.75 Å². The minimum absolute atomic E-state index is 0.0829. The molecule has 2 nitrogen and oxygen atoms in total. The van der Waals surface area contributed by atoms with Crippen molar-refractivity contribution >= 4 is 11.3 Å². The molecular weight excluding hydrogens is 266 g/mol. The highest BCUT2D eigenvalue weighted by Gasteiger charge is 2.20. The molecule has 2 aromatic rings. The lowest BCUT2D eigenvalue weighted by Crippen LogP contribution is -2.12. The first-order chi connectivity index (χ1) is 9.69. The van der Waals surface area contributed by atoms with Gasteiger partial charge < -0.3 is 10.5 Å². The zero-order chi connectivity index (χ0) is 14.1. The van der Waals surface area contributed by atoms with Gasteiger partial charge in [0.15, 0.2) is 0 Å². The summed E-state index contributed by atoms with van der Waals surface area (Å²) in [6.07, 6.45) is 5.06. The maximum absolute atomic E-state index is 6.50. The zero-order valence-electron chi connectivity index (χ0n) is 12.1. The number of rotatable bonds is 3. The highest BCUT2D eigenvalue weighted by molar-refractivity contribution is 7.12. The first kappa shape index (κ1) is 13.7. The molecule has 3 rings (SSSR count). The summed E-state index contributed by atoms with van der Waals surface area (Å²) >= 11 is 1.88. The van der Waals surface area contributed by atoms with Crippen LogP contribution in [0, 0.1) is 6.92 Å². The number of aryl methyl sites for hydroxylation is 3. The van der Waals surface area contributed by atoms with E-state index in [1.165, 1.54) is 46.6 Å². The molecule has 0 fully saturated rings. The molecular formula is C17H21NOS. The number of hydrogen-bond acceptors (Lipinski definition) is 3. The molecule has 2 N–H and O–H groups in total. The van der Waals surface area contributed by atoms with E-state index in [4.69, 9.17) is 10.5 Å². The average molecular weight is 287 g/mol. The maximum Gasteiger partial charge on any atom is 0.124 e. The lowest BCUT2D eigenvalue weighted by atomic mass is 9.97. The second kappa shape index (κ2) is 5.58. The monoisotopic (exact) mass is 287 g/mol. The van der Waals surface area contributed by atoms with Gasteiger partial charge in [-0.2, -0.15) is 0 Å². The van der Waals surface area contributed by atoms with Gasteiger partial charge in [-0.3, -0.25) is 0 Å². The SMILES string of the molecule is COc1ccc(C)cc1C(N)c1cc2c(s1)CCCC2. The molecule has 0 radical (unpaired) electrons. The first-order valence-electron chi connectivity index (χ1n) is 7.20. The molecule has 0 saturated carbocycles. The van der Waals surface area contributed by atoms with E-state index in [2.05, 4.69) is 25.1 Å². The van der Waals surface area contributed by atoms with E-state index in [0.717, 1.165) is 11.3 Å². The number of ether oxygens (including phenoxy) is 1. The molecule has 0 amide bonds. The van der Waals surface area contributed by atoms with Crippen LogP contribution in [0.5, 0.6) is 5.75 Å². The van der Waals surface area contributed by atoms with Crippen LogP contribution in [-0.2, 0) is 12.8 Å². The topological polar surface area (TPSA) is 35.2 Å². The van der Waals surface area contributed by atoms with Gasteiger partial charge in [-0.25, -0.2) is 0 Å². The highest BCUT2D eigenvalue weighted by atomic mass is 32.1. The Morgan fingerprint density at radius 3 is 2.75 bits per heavy atom. The van der Waals surface area contributed by atoms with Crippen molar-refractivity contribution < 1.29 is 4.74 Å². The van der Waals surface area contributed by atoms with Gasteiger partial charge in [-0.1, -0.05) is 17.7 Å². The molecule has 106 valence electrons. The second-order valence-electron chi connectivity index (χ2n) is 5.53. The van der Waals surface area contributed by atoms with Crippen LogP contribution < -0.4 is 10.5 Å². The van der Waals surface area contributed by atoms with Gasteiger partial charge >= 0.3 is 0 Å². The zero-order valence-corrected chi connectivity index (χ0v) is 12.9. The van der Waals surface area contributed by atoms with Crippen LogP contribution in [0.1, 0.15) is 45.3 Å². The maximum atomic E-state index is 6.50. The van der Waals surface area contributed by atoms with Gasteiger partial charge in [0.05, 0.1) is 13.2 Å². The molecule has 1 heterocycles. The Kier molecular flexibility index (Phi) is 3.81.